The number of halogens is 3. The molecule has 1 aliphatic carbocycles. The van der Waals surface area contributed by atoms with Crippen LogP contribution >= 0.6 is 11.6 Å². The Labute approximate surface area is 233 Å². The molecule has 2 aromatic heterocycles. The molecule has 1 atom stereocenters. The summed E-state index contributed by atoms with van der Waals surface area (Å²) in [5, 5.41) is 9.20. The second-order valence-electron chi connectivity index (χ2n) is 11.1. The maximum absolute atomic E-state index is 13.9. The zero-order valence-corrected chi connectivity index (χ0v) is 23.0. The van der Waals surface area contributed by atoms with Crippen molar-refractivity contribution in [2.24, 2.45) is 5.41 Å². The van der Waals surface area contributed by atoms with Crippen molar-refractivity contribution in [1.82, 2.24) is 25.9 Å². The van der Waals surface area contributed by atoms with Crippen molar-refractivity contribution < 1.29 is 10.2 Å². The molecule has 5 rings (SSSR count). The smallest absolute Gasteiger partial charge is 0.262 e. The molecule has 0 unspecified atom stereocenters. The number of hydrogen-bond acceptors (Lipinski definition) is 7. The SMILES string of the molecule is [2H][C@](Nc1cc(Cl)c2ncc(C#C)c(NCC(C)(C)C)c2c1)(C1=CN(C2(C(F)F)CC2)NN1)c1cccnc1C. The van der Waals surface area contributed by atoms with E-state index in [1.165, 1.54) is 11.2 Å². The first-order valence-electron chi connectivity index (χ1n) is 13.2. The van der Waals surface area contributed by atoms with Crippen LogP contribution in [0.3, 0.4) is 0 Å². The van der Waals surface area contributed by atoms with Crippen LogP contribution in [0, 0.1) is 24.7 Å². The monoisotopic (exact) mass is 552 g/mol. The quantitative estimate of drug-likeness (QED) is 0.250. The third-order valence-corrected chi connectivity index (χ3v) is 7.20. The Morgan fingerprint density at radius 3 is 2.72 bits per heavy atom. The van der Waals surface area contributed by atoms with E-state index in [0.29, 0.717) is 63.5 Å². The van der Waals surface area contributed by atoms with E-state index in [2.05, 4.69) is 58.3 Å². The van der Waals surface area contributed by atoms with Crippen LogP contribution in [-0.2, 0) is 0 Å². The lowest BCUT2D eigenvalue weighted by Crippen LogP contribution is -2.48. The highest BCUT2D eigenvalue weighted by Gasteiger charge is 2.56. The summed E-state index contributed by atoms with van der Waals surface area (Å²) in [6.45, 7) is 8.79. The van der Waals surface area contributed by atoms with Crippen LogP contribution < -0.4 is 21.6 Å². The number of hydrogen-bond donors (Lipinski definition) is 4. The van der Waals surface area contributed by atoms with E-state index in [9.17, 15) is 10.2 Å². The number of nitrogens with one attached hydrogen (secondary N) is 4. The van der Waals surface area contributed by atoms with Gasteiger partial charge in [-0.25, -0.2) is 8.78 Å². The van der Waals surface area contributed by atoms with Gasteiger partial charge in [0.15, 0.2) is 0 Å². The minimum Gasteiger partial charge on any atom is -0.383 e. The van der Waals surface area contributed by atoms with Gasteiger partial charge in [0.25, 0.3) is 6.43 Å². The Bertz CT molecular complexity index is 1530. The summed E-state index contributed by atoms with van der Waals surface area (Å²) in [6, 6.07) is 5.41. The minimum absolute atomic E-state index is 0.0219. The van der Waals surface area contributed by atoms with Gasteiger partial charge in [-0.2, -0.15) is 0 Å². The predicted octanol–water partition coefficient (Wildman–Crippen LogP) is 6.15. The minimum atomic E-state index is -2.54. The molecule has 10 heteroatoms. The highest BCUT2D eigenvalue weighted by atomic mass is 35.5. The molecule has 1 fully saturated rings. The van der Waals surface area contributed by atoms with Crippen LogP contribution in [0.5, 0.6) is 0 Å². The zero-order valence-electron chi connectivity index (χ0n) is 23.3. The van der Waals surface area contributed by atoms with Crippen molar-refractivity contribution in [1.29, 1.82) is 0 Å². The topological polar surface area (TPSA) is 77.1 Å². The molecule has 3 heterocycles. The highest BCUT2D eigenvalue weighted by molar-refractivity contribution is 6.35. The first kappa shape index (κ1) is 25.7. The summed E-state index contributed by atoms with van der Waals surface area (Å²) in [5.41, 5.74) is 8.33. The Hall–Kier alpha value is -3.61. The van der Waals surface area contributed by atoms with Gasteiger partial charge in [-0.3, -0.25) is 15.0 Å². The van der Waals surface area contributed by atoms with Crippen LogP contribution in [-0.4, -0.2) is 33.5 Å². The molecule has 39 heavy (non-hydrogen) atoms. The first-order valence-corrected chi connectivity index (χ1v) is 13.1. The molecule has 0 bridgehead atoms. The van der Waals surface area contributed by atoms with Crippen molar-refractivity contribution in [2.45, 2.75) is 58.5 Å². The number of pyridine rings is 2. The number of aryl methyl sites for hydroxylation is 1. The van der Waals surface area contributed by atoms with Crippen molar-refractivity contribution in [2.75, 3.05) is 17.2 Å². The lowest BCUT2D eigenvalue weighted by molar-refractivity contribution is 0.00911. The number of benzene rings is 1. The molecule has 0 saturated heterocycles. The predicted molar refractivity (Wildman–Crippen MR) is 152 cm³/mol. The Balaban J connectivity index is 1.61. The van der Waals surface area contributed by atoms with Gasteiger partial charge < -0.3 is 16.1 Å². The maximum Gasteiger partial charge on any atom is 0.262 e. The Morgan fingerprint density at radius 2 is 2.08 bits per heavy atom. The molecule has 4 N–H and O–H groups in total. The molecule has 1 aliphatic heterocycles. The van der Waals surface area contributed by atoms with Gasteiger partial charge in [-0.1, -0.05) is 44.4 Å². The third-order valence-electron chi connectivity index (χ3n) is 6.91. The fourth-order valence-corrected chi connectivity index (χ4v) is 4.80. The first-order chi connectivity index (χ1) is 18.9. The average molecular weight is 553 g/mol. The van der Waals surface area contributed by atoms with Crippen LogP contribution in [0.1, 0.15) is 57.8 Å². The lowest BCUT2D eigenvalue weighted by Gasteiger charge is -2.25. The molecule has 3 aromatic rings. The number of terminal acetylenes is 1. The second-order valence-corrected chi connectivity index (χ2v) is 11.6. The number of fused-ring (bicyclic) bond motifs is 1. The van der Waals surface area contributed by atoms with Crippen LogP contribution in [0.2, 0.25) is 5.02 Å². The van der Waals surface area contributed by atoms with Crippen LogP contribution in [0.4, 0.5) is 20.2 Å². The van der Waals surface area contributed by atoms with Gasteiger partial charge in [-0.05, 0) is 43.4 Å². The van der Waals surface area contributed by atoms with E-state index in [-0.39, 0.29) is 5.41 Å². The van der Waals surface area contributed by atoms with E-state index < -0.39 is 18.0 Å². The number of anilines is 2. The van der Waals surface area contributed by atoms with E-state index in [1.54, 1.807) is 37.5 Å². The molecule has 1 aromatic carbocycles. The van der Waals surface area contributed by atoms with Crippen molar-refractivity contribution >= 4 is 33.9 Å². The molecule has 0 amide bonds. The fraction of sp³-hybridized carbons (Fsp3) is 0.379. The van der Waals surface area contributed by atoms with Gasteiger partial charge >= 0.3 is 0 Å². The summed E-state index contributed by atoms with van der Waals surface area (Å²) in [6.07, 6.45) is 8.76. The van der Waals surface area contributed by atoms with Gasteiger partial charge in [0.1, 0.15) is 5.54 Å². The summed E-state index contributed by atoms with van der Waals surface area (Å²) < 4.78 is 37.4. The summed E-state index contributed by atoms with van der Waals surface area (Å²) in [7, 11) is 0. The summed E-state index contributed by atoms with van der Waals surface area (Å²) >= 11 is 6.72. The van der Waals surface area contributed by atoms with Gasteiger partial charge in [0, 0.05) is 47.5 Å². The summed E-state index contributed by atoms with van der Waals surface area (Å²) in [4.78, 5) is 8.87. The van der Waals surface area contributed by atoms with E-state index in [4.69, 9.17) is 18.0 Å². The zero-order chi connectivity index (χ0) is 28.9. The van der Waals surface area contributed by atoms with Crippen LogP contribution in [0.25, 0.3) is 10.9 Å². The number of alkyl halides is 2. The Kier molecular flexibility index (Phi) is 6.69. The molecular weight excluding hydrogens is 520 g/mol. The van der Waals surface area contributed by atoms with Gasteiger partial charge in [0.05, 0.1) is 34.9 Å². The summed E-state index contributed by atoms with van der Waals surface area (Å²) in [5.74, 6) is 2.70. The Morgan fingerprint density at radius 1 is 1.31 bits per heavy atom. The molecule has 0 radical (unpaired) electrons. The number of hydrazine groups is 2. The maximum atomic E-state index is 13.9. The van der Waals surface area contributed by atoms with E-state index >= 15 is 0 Å². The fourth-order valence-electron chi connectivity index (χ4n) is 4.53. The number of nitrogens with zero attached hydrogens (tertiary/aromatic N) is 3. The standard InChI is InChI=1S/C29H32ClF2N7/c1-6-18-14-34-25-21(24(18)35-16-28(3,4)5)12-19(13-22(25)30)36-26(20-8-7-11-33-17(20)2)23-15-39(38-37-23)29(9-10-29)27(31)32/h1,7-8,11-15,26-27,36-38H,9-10,16H2,2-5H3,(H,34,35)/t26-/m1/s1/i26D. The van der Waals surface area contributed by atoms with Gasteiger partial charge in [-0.15, -0.1) is 12.0 Å². The second kappa shape index (κ2) is 10.2. The van der Waals surface area contributed by atoms with Crippen molar-refractivity contribution in [3.05, 3.63) is 70.4 Å². The number of aromatic nitrogens is 2. The van der Waals surface area contributed by atoms with Crippen molar-refractivity contribution in [3.63, 3.8) is 0 Å². The van der Waals surface area contributed by atoms with Crippen LogP contribution in [0.15, 0.2) is 48.6 Å². The third kappa shape index (κ3) is 5.32. The highest BCUT2D eigenvalue weighted by Crippen LogP contribution is 2.47. The van der Waals surface area contributed by atoms with E-state index in [0.717, 1.165) is 5.69 Å². The van der Waals surface area contributed by atoms with Gasteiger partial charge in [0.2, 0.25) is 0 Å². The largest absolute Gasteiger partial charge is 0.383 e. The van der Waals surface area contributed by atoms with E-state index in [1.807, 2.05) is 6.07 Å². The molecule has 204 valence electrons. The molecule has 0 spiro atoms. The molecule has 7 nitrogen and oxygen atoms in total. The normalized spacial score (nSPS) is 18.2. The lowest BCUT2D eigenvalue weighted by atomic mass is 9.96. The number of rotatable bonds is 8. The molecule has 1 saturated carbocycles. The average Bonchev–Trinajstić information content (AvgIpc) is 3.56. The molecule has 2 aliphatic rings. The van der Waals surface area contributed by atoms with Crippen molar-refractivity contribution in [3.8, 4) is 12.3 Å². The molecular formula is C29H32ClF2N7.